The van der Waals surface area contributed by atoms with Crippen molar-refractivity contribution in [1.29, 1.82) is 0 Å². The standard InChI is InChI=1S/C31H42N4O6S/c36-29-11-10-27(30(37)32-29)35-19-21-16-23(8-9-25(21)31(35)38)41-28-7-2-1-6-26(28)33-17-22(18-33)20-12-14-34(15-13-20)42(39,40)24-4-3-5-24/h8-9,16,20,22,24,26-28H,1-7,10-15,17-19H2,(H,32,36,37). The number of carbonyl (C=O) groups is 3. The van der Waals surface area contributed by atoms with Crippen molar-refractivity contribution in [2.75, 3.05) is 26.2 Å². The molecule has 1 N–H and O–H groups in total. The minimum Gasteiger partial charge on any atom is -0.489 e. The zero-order valence-electron chi connectivity index (χ0n) is 24.2. The number of amides is 3. The molecule has 11 heteroatoms. The normalized spacial score (nSPS) is 30.5. The molecule has 3 unspecified atom stereocenters. The van der Waals surface area contributed by atoms with Crippen molar-refractivity contribution < 1.29 is 27.5 Å². The predicted molar refractivity (Wildman–Crippen MR) is 155 cm³/mol. The number of fused-ring (bicyclic) bond motifs is 1. The topological polar surface area (TPSA) is 116 Å². The van der Waals surface area contributed by atoms with Crippen molar-refractivity contribution in [3.05, 3.63) is 29.3 Å². The van der Waals surface area contributed by atoms with Crippen molar-refractivity contribution in [2.24, 2.45) is 11.8 Å². The monoisotopic (exact) mass is 598 g/mol. The minimum absolute atomic E-state index is 0.0931. The number of ether oxygens (including phenoxy) is 1. The average Bonchev–Trinajstić information content (AvgIpc) is 3.23. The lowest BCUT2D eigenvalue weighted by molar-refractivity contribution is -0.136. The molecule has 228 valence electrons. The summed E-state index contributed by atoms with van der Waals surface area (Å²) in [4.78, 5) is 41.2. The highest BCUT2D eigenvalue weighted by Crippen LogP contribution is 2.39. The van der Waals surface area contributed by atoms with Gasteiger partial charge in [-0.25, -0.2) is 12.7 Å². The molecule has 42 heavy (non-hydrogen) atoms. The van der Waals surface area contributed by atoms with Gasteiger partial charge in [0, 0.05) is 50.7 Å². The molecule has 7 rings (SSSR count). The number of hydrogen-bond donors (Lipinski definition) is 1. The molecule has 3 amide bonds. The van der Waals surface area contributed by atoms with Crippen molar-refractivity contribution in [2.45, 2.75) is 101 Å². The van der Waals surface area contributed by atoms with E-state index in [4.69, 9.17) is 4.74 Å². The van der Waals surface area contributed by atoms with Gasteiger partial charge in [-0.3, -0.25) is 24.6 Å². The SMILES string of the molecule is O=C1CCC(N2Cc3cc(OC4CCCCC4N4CC(C5CCN(S(=O)(=O)C6CCC6)CC5)C4)ccc3C2=O)C(=O)N1. The van der Waals surface area contributed by atoms with Crippen LogP contribution in [0.2, 0.25) is 0 Å². The first-order valence-corrected chi connectivity index (χ1v) is 17.5. The zero-order valence-corrected chi connectivity index (χ0v) is 25.0. The summed E-state index contributed by atoms with van der Waals surface area (Å²) in [6.45, 7) is 3.82. The third-order valence-corrected chi connectivity index (χ3v) is 13.3. The van der Waals surface area contributed by atoms with E-state index < -0.39 is 22.0 Å². The summed E-state index contributed by atoms with van der Waals surface area (Å²) in [6.07, 6.45) is 9.78. The first kappa shape index (κ1) is 28.3. The Morgan fingerprint density at radius 2 is 1.62 bits per heavy atom. The average molecular weight is 599 g/mol. The van der Waals surface area contributed by atoms with E-state index in [0.29, 0.717) is 49.5 Å². The Labute approximate surface area is 248 Å². The van der Waals surface area contributed by atoms with E-state index in [2.05, 4.69) is 10.2 Å². The van der Waals surface area contributed by atoms with Gasteiger partial charge in [-0.15, -0.1) is 0 Å². The molecule has 6 aliphatic rings. The van der Waals surface area contributed by atoms with Gasteiger partial charge in [0.2, 0.25) is 21.8 Å². The first-order chi connectivity index (χ1) is 20.3. The van der Waals surface area contributed by atoms with Crippen LogP contribution in [0.3, 0.4) is 0 Å². The van der Waals surface area contributed by atoms with E-state index in [1.54, 1.807) is 9.21 Å². The Morgan fingerprint density at radius 3 is 2.33 bits per heavy atom. The van der Waals surface area contributed by atoms with E-state index in [-0.39, 0.29) is 29.6 Å². The summed E-state index contributed by atoms with van der Waals surface area (Å²) < 4.78 is 34.0. The van der Waals surface area contributed by atoms with Gasteiger partial charge in [0.1, 0.15) is 17.9 Å². The predicted octanol–water partition coefficient (Wildman–Crippen LogP) is 2.66. The summed E-state index contributed by atoms with van der Waals surface area (Å²) in [6, 6.07) is 5.39. The molecule has 3 saturated heterocycles. The maximum atomic E-state index is 13.1. The number of sulfonamides is 1. The van der Waals surface area contributed by atoms with Crippen molar-refractivity contribution in [3.8, 4) is 5.75 Å². The number of nitrogens with zero attached hydrogens (tertiary/aromatic N) is 3. The fourth-order valence-corrected chi connectivity index (χ4v) is 10.1. The molecule has 0 spiro atoms. The van der Waals surface area contributed by atoms with Gasteiger partial charge < -0.3 is 9.64 Å². The molecule has 4 aliphatic heterocycles. The van der Waals surface area contributed by atoms with Gasteiger partial charge in [-0.2, -0.15) is 0 Å². The highest BCUT2D eigenvalue weighted by Gasteiger charge is 2.44. The van der Waals surface area contributed by atoms with Crippen LogP contribution in [0.1, 0.15) is 86.6 Å². The number of imide groups is 1. The zero-order chi connectivity index (χ0) is 29.0. The van der Waals surface area contributed by atoms with Crippen LogP contribution < -0.4 is 10.1 Å². The van der Waals surface area contributed by atoms with E-state index in [1.807, 2.05) is 18.2 Å². The quantitative estimate of drug-likeness (QED) is 0.480. The van der Waals surface area contributed by atoms with E-state index in [0.717, 1.165) is 75.8 Å². The number of nitrogens with one attached hydrogen (secondary N) is 1. The fraction of sp³-hybridized carbons (Fsp3) is 0.710. The Morgan fingerprint density at radius 1 is 0.857 bits per heavy atom. The lowest BCUT2D eigenvalue weighted by Gasteiger charge is -2.51. The fourth-order valence-electron chi connectivity index (χ4n) is 8.03. The van der Waals surface area contributed by atoms with Gasteiger partial charge in [0.15, 0.2) is 0 Å². The molecule has 0 radical (unpaired) electrons. The Balaban J connectivity index is 0.938. The highest BCUT2D eigenvalue weighted by atomic mass is 32.2. The second-order valence-corrected chi connectivity index (χ2v) is 15.5. The van der Waals surface area contributed by atoms with Crippen LogP contribution in [0.15, 0.2) is 18.2 Å². The van der Waals surface area contributed by atoms with Crippen LogP contribution in [0, 0.1) is 11.8 Å². The van der Waals surface area contributed by atoms with Gasteiger partial charge in [-0.1, -0.05) is 12.8 Å². The number of rotatable bonds is 7. The third kappa shape index (κ3) is 5.15. The molecule has 0 aromatic heterocycles. The smallest absolute Gasteiger partial charge is 0.255 e. The maximum Gasteiger partial charge on any atom is 0.255 e. The largest absolute Gasteiger partial charge is 0.489 e. The van der Waals surface area contributed by atoms with Crippen molar-refractivity contribution >= 4 is 27.7 Å². The van der Waals surface area contributed by atoms with Gasteiger partial charge >= 0.3 is 0 Å². The van der Waals surface area contributed by atoms with Crippen LogP contribution in [0.4, 0.5) is 0 Å². The second-order valence-electron chi connectivity index (χ2n) is 13.3. The van der Waals surface area contributed by atoms with Crippen LogP contribution in [0.5, 0.6) is 5.75 Å². The number of likely N-dealkylation sites (tertiary alicyclic amines) is 1. The van der Waals surface area contributed by atoms with E-state index in [9.17, 15) is 22.8 Å². The maximum absolute atomic E-state index is 13.1. The van der Waals surface area contributed by atoms with Crippen molar-refractivity contribution in [3.63, 3.8) is 0 Å². The molecule has 3 atom stereocenters. The molecule has 5 fully saturated rings. The number of piperidine rings is 2. The molecule has 2 aliphatic carbocycles. The second kappa shape index (κ2) is 11.2. The molecular formula is C31H42N4O6S. The van der Waals surface area contributed by atoms with Gasteiger partial charge in [-0.05, 0) is 87.0 Å². The summed E-state index contributed by atoms with van der Waals surface area (Å²) in [5.41, 5.74) is 1.47. The van der Waals surface area contributed by atoms with E-state index >= 15 is 0 Å². The lowest BCUT2D eigenvalue weighted by atomic mass is 9.78. The molecule has 2 saturated carbocycles. The number of hydrogen-bond acceptors (Lipinski definition) is 7. The number of benzene rings is 1. The summed E-state index contributed by atoms with van der Waals surface area (Å²) in [5, 5.41) is 2.23. The van der Waals surface area contributed by atoms with Crippen LogP contribution in [-0.2, 0) is 26.2 Å². The van der Waals surface area contributed by atoms with Gasteiger partial charge in [0.05, 0.1) is 5.25 Å². The van der Waals surface area contributed by atoms with Crippen LogP contribution in [-0.4, -0.2) is 89.9 Å². The third-order valence-electron chi connectivity index (χ3n) is 10.9. The highest BCUT2D eigenvalue weighted by molar-refractivity contribution is 7.89. The molecule has 1 aromatic carbocycles. The molecule has 10 nitrogen and oxygen atoms in total. The summed E-state index contributed by atoms with van der Waals surface area (Å²) in [5.74, 6) is 1.14. The van der Waals surface area contributed by atoms with Crippen LogP contribution in [0.25, 0.3) is 0 Å². The molecule has 0 bridgehead atoms. The lowest BCUT2D eigenvalue weighted by Crippen LogP contribution is -2.60. The van der Waals surface area contributed by atoms with Crippen molar-refractivity contribution in [1.82, 2.24) is 19.4 Å². The molecule has 4 heterocycles. The first-order valence-electron chi connectivity index (χ1n) is 15.9. The molecule has 1 aromatic rings. The van der Waals surface area contributed by atoms with E-state index in [1.165, 1.54) is 6.42 Å². The van der Waals surface area contributed by atoms with Gasteiger partial charge in [0.25, 0.3) is 5.91 Å². The summed E-state index contributed by atoms with van der Waals surface area (Å²) in [7, 11) is -3.09. The summed E-state index contributed by atoms with van der Waals surface area (Å²) >= 11 is 0. The minimum atomic E-state index is -3.09. The van der Waals surface area contributed by atoms with Crippen LogP contribution >= 0.6 is 0 Å². The number of carbonyl (C=O) groups excluding carboxylic acids is 3. The molecular weight excluding hydrogens is 556 g/mol. The Kier molecular flexibility index (Phi) is 7.55. The Hall–Kier alpha value is -2.50. The Bertz CT molecular complexity index is 1350.